The molecule has 0 saturated heterocycles. The average molecular weight is 363 g/mol. The molecule has 114 valence electrons. The third kappa shape index (κ3) is 4.63. The molecule has 0 bridgehead atoms. The van der Waals surface area contributed by atoms with Crippen molar-refractivity contribution in [3.63, 3.8) is 0 Å². The maximum Gasteiger partial charge on any atom is 0.328 e. The van der Waals surface area contributed by atoms with Crippen LogP contribution in [-0.4, -0.2) is 18.2 Å². The van der Waals surface area contributed by atoms with Gasteiger partial charge in [-0.25, -0.2) is 4.79 Å². The molecule has 0 radical (unpaired) electrons. The molecule has 0 amide bonds. The molecule has 0 heterocycles. The smallest absolute Gasteiger partial charge is 0.328 e. The first-order chi connectivity index (χ1) is 10.6. The highest BCUT2D eigenvalue weighted by molar-refractivity contribution is 9.10. The number of carboxylic acids is 1. The number of carboxylic acid groups (broad SMARTS) is 1. The van der Waals surface area contributed by atoms with Gasteiger partial charge in [0.15, 0.2) is 11.5 Å². The van der Waals surface area contributed by atoms with Gasteiger partial charge in [-0.3, -0.25) is 0 Å². The number of aliphatic carboxylic acids is 1. The van der Waals surface area contributed by atoms with Crippen LogP contribution in [0.15, 0.2) is 53.0 Å². The molecule has 0 saturated carbocycles. The van der Waals surface area contributed by atoms with Crippen molar-refractivity contribution < 1.29 is 19.4 Å². The maximum atomic E-state index is 10.5. The van der Waals surface area contributed by atoms with E-state index in [1.165, 1.54) is 6.08 Å². The van der Waals surface area contributed by atoms with Crippen LogP contribution in [0.5, 0.6) is 11.5 Å². The van der Waals surface area contributed by atoms with E-state index >= 15 is 0 Å². The van der Waals surface area contributed by atoms with E-state index in [1.807, 2.05) is 24.3 Å². The summed E-state index contributed by atoms with van der Waals surface area (Å²) in [5, 5.41) is 8.64. The Labute approximate surface area is 137 Å². The predicted molar refractivity (Wildman–Crippen MR) is 88.1 cm³/mol. The predicted octanol–water partition coefficient (Wildman–Crippen LogP) is 4.13. The van der Waals surface area contributed by atoms with Crippen LogP contribution in [0.4, 0.5) is 0 Å². The molecule has 2 rings (SSSR count). The monoisotopic (exact) mass is 362 g/mol. The van der Waals surface area contributed by atoms with E-state index < -0.39 is 5.97 Å². The summed E-state index contributed by atoms with van der Waals surface area (Å²) in [6.07, 6.45) is 2.58. The number of halogens is 1. The zero-order valence-electron chi connectivity index (χ0n) is 12.0. The molecular weight excluding hydrogens is 348 g/mol. The van der Waals surface area contributed by atoms with E-state index in [9.17, 15) is 4.79 Å². The molecule has 4 nitrogen and oxygen atoms in total. The number of hydrogen-bond acceptors (Lipinski definition) is 3. The summed E-state index contributed by atoms with van der Waals surface area (Å²) in [5.74, 6) is 0.178. The van der Waals surface area contributed by atoms with Crippen LogP contribution in [0, 0.1) is 0 Å². The Hall–Kier alpha value is -2.27. The van der Waals surface area contributed by atoms with Crippen molar-refractivity contribution in [2.24, 2.45) is 0 Å². The summed E-state index contributed by atoms with van der Waals surface area (Å²) in [7, 11) is 1.55. The lowest BCUT2D eigenvalue weighted by atomic mass is 10.2. The van der Waals surface area contributed by atoms with Crippen LogP contribution in [-0.2, 0) is 11.4 Å². The summed E-state index contributed by atoms with van der Waals surface area (Å²) in [5.41, 5.74) is 1.77. The third-order valence-electron chi connectivity index (χ3n) is 2.91. The van der Waals surface area contributed by atoms with Crippen LogP contribution in [0.1, 0.15) is 11.1 Å². The molecule has 0 aromatic heterocycles. The zero-order valence-corrected chi connectivity index (χ0v) is 13.5. The molecule has 2 aromatic carbocycles. The Morgan fingerprint density at radius 3 is 2.55 bits per heavy atom. The molecule has 0 aliphatic heterocycles. The second-order valence-electron chi connectivity index (χ2n) is 4.50. The highest BCUT2D eigenvalue weighted by Crippen LogP contribution is 2.29. The molecule has 2 aromatic rings. The van der Waals surface area contributed by atoms with Crippen LogP contribution < -0.4 is 9.47 Å². The Bertz CT molecular complexity index is 678. The Kier molecular flexibility index (Phi) is 5.61. The lowest BCUT2D eigenvalue weighted by Crippen LogP contribution is -1.98. The second kappa shape index (κ2) is 7.66. The molecule has 5 heteroatoms. The van der Waals surface area contributed by atoms with E-state index in [4.69, 9.17) is 14.6 Å². The van der Waals surface area contributed by atoms with Crippen LogP contribution in [0.3, 0.4) is 0 Å². The molecule has 22 heavy (non-hydrogen) atoms. The summed E-state index contributed by atoms with van der Waals surface area (Å²) < 4.78 is 12.1. The number of benzene rings is 2. The van der Waals surface area contributed by atoms with Gasteiger partial charge in [0.25, 0.3) is 0 Å². The normalized spacial score (nSPS) is 10.6. The van der Waals surface area contributed by atoms with Crippen molar-refractivity contribution in [2.75, 3.05) is 7.11 Å². The lowest BCUT2D eigenvalue weighted by Gasteiger charge is -2.11. The zero-order chi connectivity index (χ0) is 15.9. The highest BCUT2D eigenvalue weighted by Gasteiger charge is 2.05. The van der Waals surface area contributed by atoms with Crippen LogP contribution in [0.2, 0.25) is 0 Å². The fraction of sp³-hybridized carbons (Fsp3) is 0.118. The van der Waals surface area contributed by atoms with E-state index in [1.54, 1.807) is 25.3 Å². The maximum absolute atomic E-state index is 10.5. The van der Waals surface area contributed by atoms with Gasteiger partial charge in [-0.2, -0.15) is 0 Å². The first-order valence-corrected chi connectivity index (χ1v) is 7.34. The standard InChI is InChI=1S/C17H15BrO4/c1-21-16-10-12(5-9-17(19)20)4-8-15(16)22-11-13-2-6-14(18)7-3-13/h2-10H,11H2,1H3,(H,19,20). The van der Waals surface area contributed by atoms with E-state index in [-0.39, 0.29) is 0 Å². The Balaban J connectivity index is 2.10. The van der Waals surface area contributed by atoms with Gasteiger partial charge >= 0.3 is 5.97 Å². The van der Waals surface area contributed by atoms with Gasteiger partial charge in [-0.15, -0.1) is 0 Å². The van der Waals surface area contributed by atoms with Gasteiger partial charge in [0.1, 0.15) is 6.61 Å². The van der Waals surface area contributed by atoms with Gasteiger partial charge in [-0.1, -0.05) is 34.1 Å². The van der Waals surface area contributed by atoms with Crippen LogP contribution in [0.25, 0.3) is 6.08 Å². The van der Waals surface area contributed by atoms with Crippen molar-refractivity contribution in [1.82, 2.24) is 0 Å². The van der Waals surface area contributed by atoms with E-state index in [2.05, 4.69) is 15.9 Å². The van der Waals surface area contributed by atoms with Crippen molar-refractivity contribution in [2.45, 2.75) is 6.61 Å². The molecule has 0 unspecified atom stereocenters. The first kappa shape index (κ1) is 16.1. The largest absolute Gasteiger partial charge is 0.493 e. The summed E-state index contributed by atoms with van der Waals surface area (Å²) in [6.45, 7) is 0.425. The third-order valence-corrected chi connectivity index (χ3v) is 3.44. The molecule has 0 atom stereocenters. The fourth-order valence-corrected chi connectivity index (χ4v) is 2.08. The minimum absolute atomic E-state index is 0.425. The molecule has 0 aliphatic rings. The molecule has 0 aliphatic carbocycles. The summed E-state index contributed by atoms with van der Waals surface area (Å²) in [4.78, 5) is 10.5. The van der Waals surface area contributed by atoms with Crippen LogP contribution >= 0.6 is 15.9 Å². The van der Waals surface area contributed by atoms with Crippen molar-refractivity contribution >= 4 is 28.0 Å². The Morgan fingerprint density at radius 2 is 1.91 bits per heavy atom. The van der Waals surface area contributed by atoms with Gasteiger partial charge in [-0.05, 0) is 41.5 Å². The number of ether oxygens (including phenoxy) is 2. The minimum Gasteiger partial charge on any atom is -0.493 e. The van der Waals surface area contributed by atoms with E-state index in [0.717, 1.165) is 21.7 Å². The number of rotatable bonds is 6. The number of methoxy groups -OCH3 is 1. The van der Waals surface area contributed by atoms with Gasteiger partial charge < -0.3 is 14.6 Å². The lowest BCUT2D eigenvalue weighted by molar-refractivity contribution is -0.131. The number of carbonyl (C=O) groups is 1. The first-order valence-electron chi connectivity index (χ1n) is 6.55. The fourth-order valence-electron chi connectivity index (χ4n) is 1.82. The SMILES string of the molecule is COc1cc(C=CC(=O)O)ccc1OCc1ccc(Br)cc1. The van der Waals surface area contributed by atoms with Gasteiger partial charge in [0.05, 0.1) is 7.11 Å². The summed E-state index contributed by atoms with van der Waals surface area (Å²) in [6, 6.07) is 13.1. The highest BCUT2D eigenvalue weighted by atomic mass is 79.9. The van der Waals surface area contributed by atoms with Crippen molar-refractivity contribution in [3.8, 4) is 11.5 Å². The van der Waals surface area contributed by atoms with E-state index in [0.29, 0.717) is 18.1 Å². The topological polar surface area (TPSA) is 55.8 Å². The van der Waals surface area contributed by atoms with Gasteiger partial charge in [0, 0.05) is 10.5 Å². The molecule has 0 spiro atoms. The molecule has 0 fully saturated rings. The molecular formula is C17H15BrO4. The quantitative estimate of drug-likeness (QED) is 0.784. The second-order valence-corrected chi connectivity index (χ2v) is 5.41. The molecule has 1 N–H and O–H groups in total. The average Bonchev–Trinajstić information content (AvgIpc) is 2.52. The van der Waals surface area contributed by atoms with Crippen molar-refractivity contribution in [1.29, 1.82) is 0 Å². The Morgan fingerprint density at radius 1 is 1.18 bits per heavy atom. The number of hydrogen-bond donors (Lipinski definition) is 1. The van der Waals surface area contributed by atoms with Gasteiger partial charge in [0.2, 0.25) is 0 Å². The van der Waals surface area contributed by atoms with Crippen molar-refractivity contribution in [3.05, 3.63) is 64.1 Å². The summed E-state index contributed by atoms with van der Waals surface area (Å²) >= 11 is 3.39. The minimum atomic E-state index is -0.991.